The summed E-state index contributed by atoms with van der Waals surface area (Å²) in [6.07, 6.45) is 1.17. The zero-order chi connectivity index (χ0) is 14.8. The molecule has 0 aliphatic carbocycles. The molecule has 8 heteroatoms. The molecule has 20 heavy (non-hydrogen) atoms. The summed E-state index contributed by atoms with van der Waals surface area (Å²) in [4.78, 5) is 15.4. The third-order valence-electron chi connectivity index (χ3n) is 2.43. The van der Waals surface area contributed by atoms with E-state index in [1.165, 1.54) is 12.3 Å². The summed E-state index contributed by atoms with van der Waals surface area (Å²) >= 11 is 0. The van der Waals surface area contributed by atoms with Crippen LogP contribution < -0.4 is 4.72 Å². The van der Waals surface area contributed by atoms with Crippen LogP contribution in [0.5, 0.6) is 0 Å². The smallest absolute Gasteiger partial charge is 0.281 e. The molecule has 2 aromatic heterocycles. The Morgan fingerprint density at radius 2 is 2.10 bits per heavy atom. The number of hydrogen-bond donors (Lipinski definition) is 1. The van der Waals surface area contributed by atoms with Crippen LogP contribution >= 0.6 is 0 Å². The summed E-state index contributed by atoms with van der Waals surface area (Å²) in [6, 6.07) is 4.61. The lowest BCUT2D eigenvalue weighted by atomic mass is 10.3. The second-order valence-electron chi connectivity index (χ2n) is 4.31. The van der Waals surface area contributed by atoms with Crippen molar-refractivity contribution in [2.75, 3.05) is 0 Å². The van der Waals surface area contributed by atoms with Crippen LogP contribution in [-0.4, -0.2) is 24.5 Å². The fraction of sp³-hybridized carbons (Fsp3) is 0.250. The van der Waals surface area contributed by atoms with E-state index in [2.05, 4.69) is 10.1 Å². The minimum atomic E-state index is -3.97. The van der Waals surface area contributed by atoms with Gasteiger partial charge in [-0.1, -0.05) is 5.16 Å². The Bertz CT molecular complexity index is 737. The maximum Gasteiger partial charge on any atom is 0.281 e. The van der Waals surface area contributed by atoms with Crippen molar-refractivity contribution in [1.29, 1.82) is 0 Å². The molecule has 0 aliphatic heterocycles. The summed E-state index contributed by atoms with van der Waals surface area (Å²) in [7, 11) is -3.97. The Hall–Kier alpha value is -2.22. The number of nitrogens with zero attached hydrogens (tertiary/aromatic N) is 2. The van der Waals surface area contributed by atoms with Gasteiger partial charge in [0, 0.05) is 12.3 Å². The lowest BCUT2D eigenvalue weighted by Crippen LogP contribution is -2.32. The largest absolute Gasteiger partial charge is 0.361 e. The lowest BCUT2D eigenvalue weighted by molar-refractivity contribution is -0.119. The van der Waals surface area contributed by atoms with E-state index in [0.717, 1.165) is 5.56 Å². The third-order valence-corrected chi connectivity index (χ3v) is 3.70. The molecule has 0 fully saturated rings. The molecular weight excluding hydrogens is 282 g/mol. The van der Waals surface area contributed by atoms with Crippen LogP contribution in [0, 0.1) is 13.8 Å². The normalized spacial score (nSPS) is 11.3. The fourth-order valence-electron chi connectivity index (χ4n) is 1.55. The van der Waals surface area contributed by atoms with Gasteiger partial charge >= 0.3 is 0 Å². The van der Waals surface area contributed by atoms with E-state index in [4.69, 9.17) is 4.52 Å². The number of nitrogens with one attached hydrogen (secondary N) is 1. The van der Waals surface area contributed by atoms with E-state index in [1.54, 1.807) is 26.0 Å². The number of aromatic nitrogens is 2. The van der Waals surface area contributed by atoms with E-state index in [9.17, 15) is 13.2 Å². The number of carbonyl (C=O) groups is 1. The second-order valence-corrected chi connectivity index (χ2v) is 5.94. The minimum Gasteiger partial charge on any atom is -0.361 e. The lowest BCUT2D eigenvalue weighted by Gasteiger charge is -2.05. The van der Waals surface area contributed by atoms with Crippen molar-refractivity contribution in [2.24, 2.45) is 0 Å². The van der Waals surface area contributed by atoms with Gasteiger partial charge in [0.15, 0.2) is 5.03 Å². The maximum atomic E-state index is 11.9. The Kier molecular flexibility index (Phi) is 3.84. The summed E-state index contributed by atoms with van der Waals surface area (Å²) in [6.45, 7) is 3.44. The van der Waals surface area contributed by atoms with E-state index in [0.29, 0.717) is 11.5 Å². The number of carbonyl (C=O) groups excluding carboxylic acids is 1. The number of rotatable bonds is 4. The van der Waals surface area contributed by atoms with Crippen molar-refractivity contribution in [2.45, 2.75) is 25.3 Å². The molecule has 0 spiro atoms. The maximum absolute atomic E-state index is 11.9. The SMILES string of the molecule is Cc1ccnc(S(=O)(=O)NC(=O)Cc2cc(C)no2)c1. The van der Waals surface area contributed by atoms with Crippen LogP contribution in [0.4, 0.5) is 0 Å². The quantitative estimate of drug-likeness (QED) is 0.892. The average molecular weight is 295 g/mol. The first-order valence-corrected chi connectivity index (χ1v) is 7.25. The van der Waals surface area contributed by atoms with Crippen molar-refractivity contribution in [3.8, 4) is 0 Å². The van der Waals surface area contributed by atoms with Gasteiger partial charge in [-0.15, -0.1) is 0 Å². The predicted molar refractivity (Wildman–Crippen MR) is 69.2 cm³/mol. The fourth-order valence-corrected chi connectivity index (χ4v) is 2.57. The molecule has 7 nitrogen and oxygen atoms in total. The van der Waals surface area contributed by atoms with E-state index in [1.807, 2.05) is 4.72 Å². The van der Waals surface area contributed by atoms with Gasteiger partial charge < -0.3 is 4.52 Å². The van der Waals surface area contributed by atoms with Crippen LogP contribution in [0.1, 0.15) is 17.0 Å². The van der Waals surface area contributed by atoms with Crippen molar-refractivity contribution >= 4 is 15.9 Å². The van der Waals surface area contributed by atoms with E-state index >= 15 is 0 Å². The van der Waals surface area contributed by atoms with Crippen LogP contribution in [0.25, 0.3) is 0 Å². The molecule has 106 valence electrons. The van der Waals surface area contributed by atoms with Crippen LogP contribution in [0.3, 0.4) is 0 Å². The Balaban J connectivity index is 2.10. The van der Waals surface area contributed by atoms with Gasteiger partial charge in [-0.3, -0.25) is 4.79 Å². The molecular formula is C12H13N3O4S. The summed E-state index contributed by atoms with van der Waals surface area (Å²) in [5.74, 6) is -0.406. The molecule has 2 rings (SSSR count). The molecule has 1 amide bonds. The molecule has 0 atom stereocenters. The van der Waals surface area contributed by atoms with Crippen LogP contribution in [0.2, 0.25) is 0 Å². The Morgan fingerprint density at radius 3 is 2.70 bits per heavy atom. The molecule has 0 bridgehead atoms. The standard InChI is InChI=1S/C12H13N3O4S/c1-8-3-4-13-12(5-8)20(17,18)15-11(16)7-10-6-9(2)14-19-10/h3-6H,7H2,1-2H3,(H,15,16). The van der Waals surface area contributed by atoms with Crippen molar-refractivity contribution in [3.63, 3.8) is 0 Å². The van der Waals surface area contributed by atoms with Crippen molar-refractivity contribution in [1.82, 2.24) is 14.9 Å². The first-order valence-electron chi connectivity index (χ1n) is 5.77. The van der Waals surface area contributed by atoms with Gasteiger partial charge in [-0.2, -0.15) is 8.42 Å². The van der Waals surface area contributed by atoms with E-state index in [-0.39, 0.29) is 11.4 Å². The number of aryl methyl sites for hydroxylation is 2. The number of sulfonamides is 1. The third kappa shape index (κ3) is 3.41. The highest BCUT2D eigenvalue weighted by Gasteiger charge is 2.20. The predicted octanol–water partition coefficient (Wildman–Crippen LogP) is 0.734. The van der Waals surface area contributed by atoms with Crippen LogP contribution in [-0.2, 0) is 21.2 Å². The molecule has 2 heterocycles. The van der Waals surface area contributed by atoms with Gasteiger partial charge in [0.1, 0.15) is 5.76 Å². The number of hydrogen-bond acceptors (Lipinski definition) is 6. The highest BCUT2D eigenvalue weighted by Crippen LogP contribution is 2.08. The van der Waals surface area contributed by atoms with E-state index < -0.39 is 15.9 Å². The van der Waals surface area contributed by atoms with Crippen molar-refractivity contribution < 1.29 is 17.7 Å². The summed E-state index contributed by atoms with van der Waals surface area (Å²) < 4.78 is 30.7. The second kappa shape index (κ2) is 5.41. The molecule has 0 saturated heterocycles. The first kappa shape index (κ1) is 14.2. The van der Waals surface area contributed by atoms with Gasteiger partial charge in [0.25, 0.3) is 10.0 Å². The minimum absolute atomic E-state index is 0.195. The van der Waals surface area contributed by atoms with Gasteiger partial charge in [-0.25, -0.2) is 9.71 Å². The molecule has 2 aromatic rings. The monoisotopic (exact) mass is 295 g/mol. The summed E-state index contributed by atoms with van der Waals surface area (Å²) in [5, 5.41) is 3.42. The first-order chi connectivity index (χ1) is 9.37. The number of amides is 1. The van der Waals surface area contributed by atoms with Gasteiger partial charge in [0.2, 0.25) is 5.91 Å². The van der Waals surface area contributed by atoms with Crippen molar-refractivity contribution in [3.05, 3.63) is 41.4 Å². The molecule has 0 unspecified atom stereocenters. The molecule has 0 radical (unpaired) electrons. The zero-order valence-corrected chi connectivity index (χ0v) is 11.8. The topological polar surface area (TPSA) is 102 Å². The molecule has 0 aliphatic rings. The average Bonchev–Trinajstić information content (AvgIpc) is 2.73. The highest BCUT2D eigenvalue weighted by molar-refractivity contribution is 7.90. The summed E-state index contributed by atoms with van der Waals surface area (Å²) in [5.41, 5.74) is 1.36. The molecule has 0 saturated carbocycles. The van der Waals surface area contributed by atoms with Crippen LogP contribution in [0.15, 0.2) is 33.9 Å². The highest BCUT2D eigenvalue weighted by atomic mass is 32.2. The van der Waals surface area contributed by atoms with Gasteiger partial charge in [-0.05, 0) is 31.5 Å². The molecule has 1 N–H and O–H groups in total. The van der Waals surface area contributed by atoms with Gasteiger partial charge in [0.05, 0.1) is 12.1 Å². The Labute approximate surface area is 116 Å². The molecule has 0 aromatic carbocycles. The zero-order valence-electron chi connectivity index (χ0n) is 11.0. The number of pyridine rings is 1. The Morgan fingerprint density at radius 1 is 1.35 bits per heavy atom.